The number of carboxylic acid groups (broad SMARTS) is 1. The molecule has 0 saturated carbocycles. The Morgan fingerprint density at radius 2 is 2.11 bits per heavy atom. The molecule has 1 aromatic carbocycles. The summed E-state index contributed by atoms with van der Waals surface area (Å²) in [6, 6.07) is 6.13. The van der Waals surface area contributed by atoms with Crippen LogP contribution in [0.4, 0.5) is 18.9 Å². The highest BCUT2D eigenvalue weighted by atomic mass is 19.4. The Labute approximate surface area is 107 Å². The first-order valence-electron chi connectivity index (χ1n) is 5.66. The fourth-order valence-electron chi connectivity index (χ4n) is 2.21. The summed E-state index contributed by atoms with van der Waals surface area (Å²) in [6.07, 6.45) is -4.41. The minimum Gasteiger partial charge on any atom is -0.480 e. The summed E-state index contributed by atoms with van der Waals surface area (Å²) < 4.78 is 39.5. The highest BCUT2D eigenvalue weighted by molar-refractivity contribution is 5.82. The van der Waals surface area contributed by atoms with Crippen LogP contribution in [0.1, 0.15) is 5.56 Å². The molecule has 1 aliphatic rings. The van der Waals surface area contributed by atoms with Gasteiger partial charge in [-0.15, -0.1) is 13.2 Å². The molecule has 4 nitrogen and oxygen atoms in total. The van der Waals surface area contributed by atoms with Gasteiger partial charge in [0.2, 0.25) is 0 Å². The number of nitrogens with zero attached hydrogens (tertiary/aromatic N) is 1. The summed E-state index contributed by atoms with van der Waals surface area (Å²) in [7, 11) is 0. The van der Waals surface area contributed by atoms with E-state index in [1.54, 1.807) is 24.3 Å². The Morgan fingerprint density at radius 3 is 2.74 bits per heavy atom. The lowest BCUT2D eigenvalue weighted by Crippen LogP contribution is -2.41. The average molecular weight is 275 g/mol. The standard InChI is InChI=1S/C12H12F3NO3/c13-12(14,15)19-6-5-16-9-4-2-1-3-8(9)7-10(16)11(17)18/h1-4,10H,5-7H2,(H,17,18). The van der Waals surface area contributed by atoms with Gasteiger partial charge in [-0.3, -0.25) is 4.74 Å². The lowest BCUT2D eigenvalue weighted by atomic mass is 10.1. The van der Waals surface area contributed by atoms with Crippen LogP contribution in [0.25, 0.3) is 0 Å². The number of rotatable bonds is 4. The van der Waals surface area contributed by atoms with E-state index < -0.39 is 25.0 Å². The van der Waals surface area contributed by atoms with Gasteiger partial charge < -0.3 is 10.0 Å². The van der Waals surface area contributed by atoms with Gasteiger partial charge in [-0.25, -0.2) is 4.79 Å². The number of aliphatic carboxylic acids is 1. The minimum absolute atomic E-state index is 0.118. The Hall–Kier alpha value is -1.76. The Morgan fingerprint density at radius 1 is 1.42 bits per heavy atom. The van der Waals surface area contributed by atoms with E-state index in [4.69, 9.17) is 5.11 Å². The second-order valence-electron chi connectivity index (χ2n) is 4.17. The van der Waals surface area contributed by atoms with Crippen molar-refractivity contribution >= 4 is 11.7 Å². The summed E-state index contributed by atoms with van der Waals surface area (Å²) in [4.78, 5) is 12.6. The van der Waals surface area contributed by atoms with Crippen LogP contribution < -0.4 is 4.90 Å². The highest BCUT2D eigenvalue weighted by Gasteiger charge is 2.35. The molecule has 0 fully saturated rings. The lowest BCUT2D eigenvalue weighted by molar-refractivity contribution is -0.323. The zero-order chi connectivity index (χ0) is 14.0. The number of fused-ring (bicyclic) bond motifs is 1. The van der Waals surface area contributed by atoms with Gasteiger partial charge >= 0.3 is 12.3 Å². The maximum atomic E-state index is 11.9. The van der Waals surface area contributed by atoms with Crippen molar-refractivity contribution in [2.24, 2.45) is 0 Å². The molecule has 0 amide bonds. The minimum atomic E-state index is -4.70. The van der Waals surface area contributed by atoms with Gasteiger partial charge in [0.05, 0.1) is 6.61 Å². The first kappa shape index (κ1) is 13.7. The van der Waals surface area contributed by atoms with Gasteiger partial charge in [-0.2, -0.15) is 0 Å². The van der Waals surface area contributed by atoms with Gasteiger partial charge in [-0.05, 0) is 11.6 Å². The van der Waals surface area contributed by atoms with E-state index in [9.17, 15) is 18.0 Å². The van der Waals surface area contributed by atoms with Crippen LogP contribution in [0.5, 0.6) is 0 Å². The summed E-state index contributed by atoms with van der Waals surface area (Å²) in [5.41, 5.74) is 1.47. The van der Waals surface area contributed by atoms with E-state index in [1.807, 2.05) is 0 Å². The molecule has 7 heteroatoms. The van der Waals surface area contributed by atoms with Gasteiger partial charge in [0.15, 0.2) is 0 Å². The molecule has 0 spiro atoms. The summed E-state index contributed by atoms with van der Waals surface area (Å²) in [6.45, 7) is -0.713. The summed E-state index contributed by atoms with van der Waals surface area (Å²) in [5.74, 6) is -1.05. The topological polar surface area (TPSA) is 49.8 Å². The average Bonchev–Trinajstić information content (AvgIpc) is 2.67. The number of alkyl halides is 3. The third-order valence-electron chi connectivity index (χ3n) is 2.97. The van der Waals surface area contributed by atoms with Crippen molar-refractivity contribution in [2.45, 2.75) is 18.8 Å². The van der Waals surface area contributed by atoms with Crippen molar-refractivity contribution < 1.29 is 27.8 Å². The van der Waals surface area contributed by atoms with E-state index in [1.165, 1.54) is 4.90 Å². The first-order chi connectivity index (χ1) is 8.88. The predicted octanol–water partition coefficient (Wildman–Crippen LogP) is 2.04. The number of para-hydroxylation sites is 1. The molecule has 1 heterocycles. The number of carboxylic acids is 1. The van der Waals surface area contributed by atoms with Crippen molar-refractivity contribution in [1.29, 1.82) is 0 Å². The van der Waals surface area contributed by atoms with Crippen LogP contribution in [0.3, 0.4) is 0 Å². The monoisotopic (exact) mass is 275 g/mol. The van der Waals surface area contributed by atoms with Crippen LogP contribution in [-0.2, 0) is 16.0 Å². The molecule has 1 aliphatic heterocycles. The normalized spacial score (nSPS) is 18.5. The molecule has 0 aliphatic carbocycles. The molecule has 104 valence electrons. The number of benzene rings is 1. The Kier molecular flexibility index (Phi) is 3.66. The number of halogens is 3. The molecule has 1 atom stereocenters. The highest BCUT2D eigenvalue weighted by Crippen LogP contribution is 2.32. The third kappa shape index (κ3) is 3.17. The van der Waals surface area contributed by atoms with E-state index >= 15 is 0 Å². The second kappa shape index (κ2) is 5.08. The fourth-order valence-corrected chi connectivity index (χ4v) is 2.21. The number of ether oxygens (including phenoxy) is 1. The largest absolute Gasteiger partial charge is 0.522 e. The zero-order valence-electron chi connectivity index (χ0n) is 9.85. The zero-order valence-corrected chi connectivity index (χ0v) is 9.85. The molecular weight excluding hydrogens is 263 g/mol. The van der Waals surface area contributed by atoms with Crippen molar-refractivity contribution in [3.63, 3.8) is 0 Å². The molecule has 0 bridgehead atoms. The first-order valence-corrected chi connectivity index (χ1v) is 5.66. The van der Waals surface area contributed by atoms with Gasteiger partial charge in [0, 0.05) is 18.7 Å². The molecule has 19 heavy (non-hydrogen) atoms. The van der Waals surface area contributed by atoms with Crippen molar-refractivity contribution in [3.8, 4) is 0 Å². The van der Waals surface area contributed by atoms with Crippen LogP contribution >= 0.6 is 0 Å². The van der Waals surface area contributed by atoms with Crippen LogP contribution in [-0.4, -0.2) is 36.6 Å². The van der Waals surface area contributed by atoms with Crippen molar-refractivity contribution in [2.75, 3.05) is 18.1 Å². The summed E-state index contributed by atoms with van der Waals surface area (Å²) >= 11 is 0. The molecule has 0 radical (unpaired) electrons. The molecule has 0 aromatic heterocycles. The fraction of sp³-hybridized carbons (Fsp3) is 0.417. The van der Waals surface area contributed by atoms with Gasteiger partial charge in [-0.1, -0.05) is 18.2 Å². The lowest BCUT2D eigenvalue weighted by Gasteiger charge is -2.24. The van der Waals surface area contributed by atoms with E-state index in [-0.39, 0.29) is 13.0 Å². The summed E-state index contributed by atoms with van der Waals surface area (Å²) in [5, 5.41) is 9.11. The molecule has 0 saturated heterocycles. The third-order valence-corrected chi connectivity index (χ3v) is 2.97. The quantitative estimate of drug-likeness (QED) is 0.913. The van der Waals surface area contributed by atoms with Gasteiger partial charge in [0.25, 0.3) is 0 Å². The van der Waals surface area contributed by atoms with Crippen molar-refractivity contribution in [3.05, 3.63) is 29.8 Å². The van der Waals surface area contributed by atoms with Gasteiger partial charge in [0.1, 0.15) is 6.04 Å². The molecule has 1 aromatic rings. The maximum Gasteiger partial charge on any atom is 0.522 e. The van der Waals surface area contributed by atoms with E-state index in [0.717, 1.165) is 5.56 Å². The number of anilines is 1. The second-order valence-corrected chi connectivity index (χ2v) is 4.17. The van der Waals surface area contributed by atoms with E-state index in [2.05, 4.69) is 4.74 Å². The number of hydrogen-bond acceptors (Lipinski definition) is 3. The molecule has 1 N–H and O–H groups in total. The maximum absolute atomic E-state index is 11.9. The molecule has 1 unspecified atom stereocenters. The van der Waals surface area contributed by atoms with Crippen molar-refractivity contribution in [1.82, 2.24) is 0 Å². The number of carbonyl (C=O) groups is 1. The van der Waals surface area contributed by atoms with Crippen LogP contribution in [0, 0.1) is 0 Å². The molecular formula is C12H12F3NO3. The smallest absolute Gasteiger partial charge is 0.480 e. The molecule has 2 rings (SSSR count). The Balaban J connectivity index is 2.09. The van der Waals surface area contributed by atoms with Crippen LogP contribution in [0.15, 0.2) is 24.3 Å². The Bertz CT molecular complexity index is 476. The van der Waals surface area contributed by atoms with E-state index in [0.29, 0.717) is 5.69 Å². The predicted molar refractivity (Wildman–Crippen MR) is 60.9 cm³/mol. The number of hydrogen-bond donors (Lipinski definition) is 1. The van der Waals surface area contributed by atoms with Crippen LogP contribution in [0.2, 0.25) is 0 Å². The SMILES string of the molecule is O=C(O)C1Cc2ccccc2N1CCOC(F)(F)F.